The smallest absolute Gasteiger partial charge is 0.462 e. The molecule has 3 aromatic rings. The number of esters is 2. The molecule has 14 nitrogen and oxygen atoms in total. The summed E-state index contributed by atoms with van der Waals surface area (Å²) in [6.45, 7) is 1.55. The third-order valence-corrected chi connectivity index (χ3v) is 6.99. The number of ketones is 1. The number of ether oxygens (including phenoxy) is 3. The van der Waals surface area contributed by atoms with Gasteiger partial charge in [-0.05, 0) is 18.1 Å². The van der Waals surface area contributed by atoms with Crippen molar-refractivity contribution < 1.29 is 61.4 Å². The average molecular weight is 653 g/mol. The molecule has 0 bridgehead atoms. The van der Waals surface area contributed by atoms with Crippen LogP contribution in [0.5, 0.6) is 0 Å². The summed E-state index contributed by atoms with van der Waals surface area (Å²) < 4.78 is 45.7. The lowest BCUT2D eigenvalue weighted by atomic mass is 10.0. The number of fused-ring (bicyclic) bond motifs is 3. The number of phosphoric ester groups is 1. The number of carbonyl (C=O) groups excluding carboxylic acids is 5. The molecule has 0 aliphatic rings. The minimum Gasteiger partial charge on any atom is -0.462 e. The molecule has 3 rings (SSSR count). The minimum absolute atomic E-state index is 0.0441. The molecule has 2 aromatic carbocycles. The van der Waals surface area contributed by atoms with Crippen molar-refractivity contribution in [2.75, 3.05) is 19.9 Å². The molecule has 45 heavy (non-hydrogen) atoms. The Balaban J connectivity index is 1.76. The Bertz CT molecular complexity index is 1550. The van der Waals surface area contributed by atoms with Gasteiger partial charge in [-0.2, -0.15) is 0 Å². The quantitative estimate of drug-likeness (QED) is 0.123. The fraction of sp³-hybridized carbons (Fsp3) is 0.414. The Morgan fingerprint density at radius 3 is 2.00 bits per heavy atom. The molecule has 0 aliphatic carbocycles. The first-order valence-electron chi connectivity index (χ1n) is 13.9. The highest BCUT2D eigenvalue weighted by Crippen LogP contribution is 2.36. The van der Waals surface area contributed by atoms with E-state index < -0.39 is 88.0 Å². The van der Waals surface area contributed by atoms with E-state index in [1.165, 1.54) is 11.5 Å². The first-order valence-corrected chi connectivity index (χ1v) is 15.4. The number of phosphoric acid groups is 1. The van der Waals surface area contributed by atoms with Crippen molar-refractivity contribution in [3.05, 3.63) is 48.5 Å². The Morgan fingerprint density at radius 2 is 1.49 bits per heavy atom. The van der Waals surface area contributed by atoms with E-state index in [0.29, 0.717) is 11.0 Å². The number of halogens is 1. The number of para-hydroxylation sites is 2. The second kappa shape index (κ2) is 15.7. The maximum absolute atomic E-state index is 13.4. The molecule has 3 N–H and O–H groups in total. The minimum atomic E-state index is -5.00. The van der Waals surface area contributed by atoms with E-state index in [-0.39, 0.29) is 6.42 Å². The van der Waals surface area contributed by atoms with E-state index in [2.05, 4.69) is 9.84 Å². The summed E-state index contributed by atoms with van der Waals surface area (Å²) in [5.74, 6) is -4.73. The molecule has 1 amide bonds. The molecule has 1 aromatic heterocycles. The average Bonchev–Trinajstić information content (AvgIpc) is 3.34. The van der Waals surface area contributed by atoms with E-state index in [1.807, 2.05) is 24.3 Å². The summed E-state index contributed by atoms with van der Waals surface area (Å²) in [5, 5.41) is 3.79. The highest BCUT2D eigenvalue weighted by Gasteiger charge is 2.33. The number of hydrogen-bond donors (Lipinski definition) is 3. The van der Waals surface area contributed by atoms with E-state index in [0.717, 1.165) is 10.8 Å². The van der Waals surface area contributed by atoms with E-state index in [1.54, 1.807) is 38.1 Å². The largest absolute Gasteiger partial charge is 0.469 e. The monoisotopic (exact) mass is 652 g/mol. The van der Waals surface area contributed by atoms with Crippen LogP contribution in [0, 0.1) is 5.92 Å². The molecule has 2 unspecified atom stereocenters. The van der Waals surface area contributed by atoms with Crippen molar-refractivity contribution in [3.8, 4) is 0 Å². The number of benzene rings is 2. The molecule has 0 saturated carbocycles. The van der Waals surface area contributed by atoms with Crippen LogP contribution < -0.4 is 5.32 Å². The fourth-order valence-corrected chi connectivity index (χ4v) is 4.71. The molecular formula is C29H34FN2O12P. The Labute approximate surface area is 257 Å². The number of carbonyl (C=O) groups is 5. The zero-order chi connectivity index (χ0) is 33.3. The standard InChI is InChI=1S/C29H34FN2O12P/c1-4-25(34)41-15-18(16-42-45(38,39)40)43-26(35)13-21(24(33)14-30)31-28(36)27(17(2)3)44-29(37)32-22-11-7-5-9-19(22)20-10-6-8-12-23(20)32/h5-12,17-18,21,27H,4,13-16H2,1-3H3,(H,31,36)(H2,38,39,40)/t18?,21?,27-/m0/s1. The van der Waals surface area contributed by atoms with Crippen LogP contribution in [0.1, 0.15) is 33.6 Å². The normalized spacial score (nSPS) is 13.7. The van der Waals surface area contributed by atoms with Gasteiger partial charge in [0.15, 0.2) is 18.0 Å². The molecule has 0 spiro atoms. The molecule has 16 heteroatoms. The summed E-state index contributed by atoms with van der Waals surface area (Å²) in [6, 6.07) is 12.4. The molecule has 0 fully saturated rings. The van der Waals surface area contributed by atoms with Crippen molar-refractivity contribution in [1.29, 1.82) is 0 Å². The summed E-state index contributed by atoms with van der Waals surface area (Å²) in [7, 11) is -5.00. The summed E-state index contributed by atoms with van der Waals surface area (Å²) in [6.07, 6.45) is -4.82. The fourth-order valence-electron chi connectivity index (χ4n) is 4.35. The third kappa shape index (κ3) is 9.66. The predicted octanol–water partition coefficient (Wildman–Crippen LogP) is 3.19. The Morgan fingerprint density at radius 1 is 0.911 bits per heavy atom. The first-order chi connectivity index (χ1) is 21.2. The van der Waals surface area contributed by atoms with Crippen LogP contribution in [0.25, 0.3) is 21.8 Å². The van der Waals surface area contributed by atoms with Crippen molar-refractivity contribution >= 4 is 59.4 Å². The van der Waals surface area contributed by atoms with Gasteiger partial charge >= 0.3 is 25.9 Å². The van der Waals surface area contributed by atoms with E-state index >= 15 is 0 Å². The molecule has 0 aliphatic heterocycles. The van der Waals surface area contributed by atoms with Crippen molar-refractivity contribution in [1.82, 2.24) is 9.88 Å². The van der Waals surface area contributed by atoms with Gasteiger partial charge in [-0.25, -0.2) is 18.3 Å². The van der Waals surface area contributed by atoms with Gasteiger partial charge in [0.2, 0.25) is 0 Å². The molecule has 244 valence electrons. The Kier molecular flexibility index (Phi) is 12.3. The maximum Gasteiger partial charge on any atom is 0.469 e. The molecule has 0 radical (unpaired) electrons. The van der Waals surface area contributed by atoms with Gasteiger partial charge in [-0.1, -0.05) is 57.2 Å². The van der Waals surface area contributed by atoms with Crippen molar-refractivity contribution in [3.63, 3.8) is 0 Å². The van der Waals surface area contributed by atoms with Crippen LogP contribution >= 0.6 is 7.82 Å². The maximum atomic E-state index is 13.4. The number of nitrogens with one attached hydrogen (secondary N) is 1. The molecule has 0 saturated heterocycles. The first kappa shape index (κ1) is 35.3. The number of alkyl halides is 1. The van der Waals surface area contributed by atoms with Crippen LogP contribution in [0.2, 0.25) is 0 Å². The number of aromatic nitrogens is 1. The lowest BCUT2D eigenvalue weighted by molar-refractivity contribution is -0.162. The predicted molar refractivity (Wildman–Crippen MR) is 157 cm³/mol. The van der Waals surface area contributed by atoms with Crippen LogP contribution in [0.15, 0.2) is 48.5 Å². The van der Waals surface area contributed by atoms with Crippen LogP contribution in [0.3, 0.4) is 0 Å². The molecular weight excluding hydrogens is 618 g/mol. The number of Topliss-reactive ketones (excluding diaryl/α,β-unsaturated/α-hetero) is 1. The third-order valence-electron chi connectivity index (χ3n) is 6.51. The van der Waals surface area contributed by atoms with Gasteiger partial charge in [-0.3, -0.25) is 23.7 Å². The van der Waals surface area contributed by atoms with Crippen molar-refractivity contribution in [2.45, 2.75) is 51.9 Å². The molecule has 3 atom stereocenters. The van der Waals surface area contributed by atoms with Gasteiger partial charge in [-0.15, -0.1) is 0 Å². The van der Waals surface area contributed by atoms with Gasteiger partial charge in [0.05, 0.1) is 24.1 Å². The van der Waals surface area contributed by atoms with Gasteiger partial charge < -0.3 is 29.3 Å². The summed E-state index contributed by atoms with van der Waals surface area (Å²) in [5.41, 5.74) is 1.06. The topological polar surface area (TPSA) is 197 Å². The molecule has 1 heterocycles. The van der Waals surface area contributed by atoms with Gasteiger partial charge in [0.1, 0.15) is 19.3 Å². The van der Waals surface area contributed by atoms with Crippen LogP contribution in [-0.2, 0) is 42.5 Å². The number of hydrogen-bond acceptors (Lipinski definition) is 10. The second-order valence-corrected chi connectivity index (χ2v) is 11.5. The second-order valence-electron chi connectivity index (χ2n) is 10.2. The zero-order valence-corrected chi connectivity index (χ0v) is 25.6. The van der Waals surface area contributed by atoms with Crippen LogP contribution in [-0.4, -0.2) is 82.2 Å². The lowest BCUT2D eigenvalue weighted by Gasteiger charge is -2.24. The summed E-state index contributed by atoms with van der Waals surface area (Å²) in [4.78, 5) is 81.2. The zero-order valence-electron chi connectivity index (χ0n) is 24.7. The highest BCUT2D eigenvalue weighted by atomic mass is 31.2. The van der Waals surface area contributed by atoms with E-state index in [4.69, 9.17) is 24.0 Å². The van der Waals surface area contributed by atoms with Gasteiger partial charge in [0.25, 0.3) is 5.91 Å². The van der Waals surface area contributed by atoms with E-state index in [9.17, 15) is 32.9 Å². The Hall–Kier alpha value is -4.17. The van der Waals surface area contributed by atoms with Crippen molar-refractivity contribution in [2.24, 2.45) is 5.92 Å². The lowest BCUT2D eigenvalue weighted by Crippen LogP contribution is -2.50. The van der Waals surface area contributed by atoms with Gasteiger partial charge in [0, 0.05) is 17.2 Å². The number of amides is 1. The SMILES string of the molecule is CCC(=O)OCC(COP(=O)(O)O)OC(=O)CC(NC(=O)[C@@H](OC(=O)n1c2ccccc2c2ccccc21)C(C)C)C(=O)CF. The number of rotatable bonds is 15. The highest BCUT2D eigenvalue weighted by molar-refractivity contribution is 7.46. The number of nitrogens with zero attached hydrogens (tertiary/aromatic N) is 1. The summed E-state index contributed by atoms with van der Waals surface area (Å²) >= 11 is 0. The van der Waals surface area contributed by atoms with Crippen LogP contribution in [0.4, 0.5) is 9.18 Å².